The van der Waals surface area contributed by atoms with E-state index in [1.165, 1.54) is 16.7 Å². The SMILES string of the molecule is C=C.CC.CC(C)=Cc1ccc(-c2ccc(N)cn2)cc1C. The predicted octanol–water partition coefficient (Wildman–Crippen LogP) is 5.89. The molecule has 0 aliphatic heterocycles. The fourth-order valence-corrected chi connectivity index (χ4v) is 1.88. The van der Waals surface area contributed by atoms with Gasteiger partial charge in [0.05, 0.1) is 17.6 Å². The van der Waals surface area contributed by atoms with Crippen LogP contribution in [0.25, 0.3) is 17.3 Å². The minimum Gasteiger partial charge on any atom is -0.397 e. The average Bonchev–Trinajstić information content (AvgIpc) is 2.54. The summed E-state index contributed by atoms with van der Waals surface area (Å²) in [4.78, 5) is 4.34. The van der Waals surface area contributed by atoms with Crippen LogP contribution in [0.15, 0.2) is 55.3 Å². The van der Waals surface area contributed by atoms with Gasteiger partial charge in [0.15, 0.2) is 0 Å². The topological polar surface area (TPSA) is 38.9 Å². The molecule has 0 spiro atoms. The number of pyridine rings is 1. The van der Waals surface area contributed by atoms with E-state index >= 15 is 0 Å². The Kier molecular flexibility index (Phi) is 9.28. The molecule has 0 bridgehead atoms. The van der Waals surface area contributed by atoms with Gasteiger partial charge in [0.1, 0.15) is 0 Å². The van der Waals surface area contributed by atoms with Crippen LogP contribution in [0.5, 0.6) is 0 Å². The van der Waals surface area contributed by atoms with Crippen LogP contribution in [0.1, 0.15) is 38.8 Å². The average molecular weight is 296 g/mol. The smallest absolute Gasteiger partial charge is 0.0703 e. The number of rotatable bonds is 2. The lowest BCUT2D eigenvalue weighted by Gasteiger charge is -2.06. The molecule has 2 N–H and O–H groups in total. The van der Waals surface area contributed by atoms with E-state index in [2.05, 4.69) is 63.2 Å². The third kappa shape index (κ3) is 5.96. The Labute approximate surface area is 135 Å². The van der Waals surface area contributed by atoms with Crippen LogP contribution in [0.2, 0.25) is 0 Å². The zero-order valence-electron chi connectivity index (χ0n) is 14.5. The number of benzene rings is 1. The molecule has 2 heteroatoms. The number of nitrogen functional groups attached to an aromatic ring is 1. The minimum atomic E-state index is 0.691. The molecule has 0 amide bonds. The molecule has 0 aliphatic carbocycles. The fraction of sp³-hybridized carbons (Fsp3) is 0.250. The van der Waals surface area contributed by atoms with Gasteiger partial charge in [-0.2, -0.15) is 0 Å². The van der Waals surface area contributed by atoms with Crippen molar-refractivity contribution in [2.24, 2.45) is 0 Å². The molecule has 0 fully saturated rings. The Morgan fingerprint density at radius 3 is 2.18 bits per heavy atom. The van der Waals surface area contributed by atoms with Crippen LogP contribution in [0.3, 0.4) is 0 Å². The molecule has 1 heterocycles. The standard InChI is InChI=1S/C16H18N2.C2H6.C2H4/c1-11(2)8-13-4-5-14(9-12(13)3)16-7-6-15(17)10-18-16;2*1-2/h4-10H,17H2,1-3H3;1-2H3;1-2H2. The van der Waals surface area contributed by atoms with Gasteiger partial charge < -0.3 is 5.73 Å². The summed E-state index contributed by atoms with van der Waals surface area (Å²) in [5.41, 5.74) is 12.2. The molecule has 2 rings (SSSR count). The van der Waals surface area contributed by atoms with E-state index in [9.17, 15) is 0 Å². The summed E-state index contributed by atoms with van der Waals surface area (Å²) in [5, 5.41) is 0. The molecule has 2 nitrogen and oxygen atoms in total. The summed E-state index contributed by atoms with van der Waals surface area (Å²) in [5.74, 6) is 0. The first kappa shape index (κ1) is 19.7. The third-order valence-corrected chi connectivity index (χ3v) is 2.80. The predicted molar refractivity (Wildman–Crippen MR) is 101 cm³/mol. The zero-order valence-corrected chi connectivity index (χ0v) is 14.5. The maximum Gasteiger partial charge on any atom is 0.0703 e. The highest BCUT2D eigenvalue weighted by atomic mass is 14.7. The number of nitrogens with zero attached hydrogens (tertiary/aromatic N) is 1. The van der Waals surface area contributed by atoms with E-state index in [4.69, 9.17) is 5.73 Å². The fourth-order valence-electron chi connectivity index (χ4n) is 1.88. The van der Waals surface area contributed by atoms with E-state index in [0.29, 0.717) is 5.69 Å². The number of nitrogens with two attached hydrogens (primary N) is 1. The zero-order chi connectivity index (χ0) is 17.1. The van der Waals surface area contributed by atoms with E-state index in [0.717, 1.165) is 11.3 Å². The highest BCUT2D eigenvalue weighted by Gasteiger charge is 2.02. The lowest BCUT2D eigenvalue weighted by molar-refractivity contribution is 1.31. The first-order chi connectivity index (χ1) is 10.6. The highest BCUT2D eigenvalue weighted by molar-refractivity contribution is 5.66. The van der Waals surface area contributed by atoms with Crippen molar-refractivity contribution in [1.82, 2.24) is 4.98 Å². The van der Waals surface area contributed by atoms with Gasteiger partial charge in [0, 0.05) is 5.56 Å². The van der Waals surface area contributed by atoms with Crippen LogP contribution in [0.4, 0.5) is 5.69 Å². The Hall–Kier alpha value is -2.35. The Morgan fingerprint density at radius 1 is 1.09 bits per heavy atom. The number of aryl methyl sites for hydroxylation is 1. The molecular weight excluding hydrogens is 268 g/mol. The van der Waals surface area contributed by atoms with E-state index in [1.54, 1.807) is 6.20 Å². The third-order valence-electron chi connectivity index (χ3n) is 2.80. The van der Waals surface area contributed by atoms with Gasteiger partial charge in [-0.25, -0.2) is 0 Å². The molecule has 2 aromatic rings. The van der Waals surface area contributed by atoms with Crippen LogP contribution in [0, 0.1) is 6.92 Å². The van der Waals surface area contributed by atoms with Crippen LogP contribution < -0.4 is 5.73 Å². The summed E-state index contributed by atoms with van der Waals surface area (Å²) >= 11 is 0. The lowest BCUT2D eigenvalue weighted by Crippen LogP contribution is -1.89. The second-order valence-corrected chi connectivity index (χ2v) is 4.77. The quantitative estimate of drug-likeness (QED) is 0.702. The first-order valence-electron chi connectivity index (χ1n) is 7.54. The van der Waals surface area contributed by atoms with Gasteiger partial charge >= 0.3 is 0 Å². The first-order valence-corrected chi connectivity index (χ1v) is 7.54. The molecule has 0 aliphatic rings. The van der Waals surface area contributed by atoms with Gasteiger partial charge in [-0.1, -0.05) is 37.6 Å². The molecular formula is C20H28N2. The summed E-state index contributed by atoms with van der Waals surface area (Å²) in [6, 6.07) is 10.2. The van der Waals surface area contributed by atoms with Crippen molar-refractivity contribution < 1.29 is 0 Å². The van der Waals surface area contributed by atoms with E-state index in [1.807, 2.05) is 26.0 Å². The van der Waals surface area contributed by atoms with Gasteiger partial charge in [-0.05, 0) is 50.1 Å². The maximum absolute atomic E-state index is 5.64. The summed E-state index contributed by atoms with van der Waals surface area (Å²) in [6.07, 6.45) is 3.88. The Bertz CT molecular complexity index is 592. The van der Waals surface area contributed by atoms with Gasteiger partial charge in [-0.3, -0.25) is 4.98 Å². The molecule has 0 atom stereocenters. The maximum atomic E-state index is 5.64. The van der Waals surface area contributed by atoms with Crippen LogP contribution >= 0.6 is 0 Å². The minimum absolute atomic E-state index is 0.691. The number of hydrogen-bond acceptors (Lipinski definition) is 2. The van der Waals surface area contributed by atoms with Crippen molar-refractivity contribution in [3.63, 3.8) is 0 Å². The normalized spacial score (nSPS) is 8.77. The van der Waals surface area contributed by atoms with Crippen molar-refractivity contribution in [3.8, 4) is 11.3 Å². The van der Waals surface area contributed by atoms with Crippen LogP contribution in [-0.4, -0.2) is 4.98 Å². The molecule has 0 unspecified atom stereocenters. The molecule has 1 aromatic carbocycles. The lowest BCUT2D eigenvalue weighted by atomic mass is 10.0. The van der Waals surface area contributed by atoms with Crippen molar-refractivity contribution >= 4 is 11.8 Å². The van der Waals surface area contributed by atoms with Gasteiger partial charge in [-0.15, -0.1) is 13.2 Å². The largest absolute Gasteiger partial charge is 0.397 e. The van der Waals surface area contributed by atoms with E-state index in [-0.39, 0.29) is 0 Å². The Balaban J connectivity index is 0.00000102. The molecule has 118 valence electrons. The summed E-state index contributed by atoms with van der Waals surface area (Å²) < 4.78 is 0. The molecule has 0 radical (unpaired) electrons. The second-order valence-electron chi connectivity index (χ2n) is 4.77. The molecule has 0 saturated heterocycles. The van der Waals surface area contributed by atoms with Crippen molar-refractivity contribution in [3.05, 3.63) is 66.4 Å². The van der Waals surface area contributed by atoms with E-state index < -0.39 is 0 Å². The van der Waals surface area contributed by atoms with Crippen molar-refractivity contribution in [2.75, 3.05) is 5.73 Å². The number of hydrogen-bond donors (Lipinski definition) is 1. The highest BCUT2D eigenvalue weighted by Crippen LogP contribution is 2.22. The van der Waals surface area contributed by atoms with Gasteiger partial charge in [0.2, 0.25) is 0 Å². The van der Waals surface area contributed by atoms with Crippen molar-refractivity contribution in [2.45, 2.75) is 34.6 Å². The van der Waals surface area contributed by atoms with Crippen molar-refractivity contribution in [1.29, 1.82) is 0 Å². The molecule has 0 saturated carbocycles. The number of aromatic nitrogens is 1. The Morgan fingerprint density at radius 2 is 1.73 bits per heavy atom. The molecule has 1 aromatic heterocycles. The second kappa shape index (κ2) is 10.4. The van der Waals surface area contributed by atoms with Crippen LogP contribution in [-0.2, 0) is 0 Å². The summed E-state index contributed by atoms with van der Waals surface area (Å²) in [6.45, 7) is 16.3. The monoisotopic (exact) mass is 296 g/mol. The summed E-state index contributed by atoms with van der Waals surface area (Å²) in [7, 11) is 0. The molecule has 22 heavy (non-hydrogen) atoms. The number of allylic oxidation sites excluding steroid dienone is 1. The van der Waals surface area contributed by atoms with Gasteiger partial charge in [0.25, 0.3) is 0 Å². The number of anilines is 1.